The van der Waals surface area contributed by atoms with Gasteiger partial charge >= 0.3 is 0 Å². The molecule has 0 aliphatic carbocycles. The van der Waals surface area contributed by atoms with Crippen molar-refractivity contribution in [3.63, 3.8) is 0 Å². The number of piperidine rings is 2. The van der Waals surface area contributed by atoms with Crippen LogP contribution in [0.1, 0.15) is 57.8 Å². The summed E-state index contributed by atoms with van der Waals surface area (Å²) in [6.07, 6.45) is 13.0. The highest BCUT2D eigenvalue weighted by molar-refractivity contribution is 8.93. The average Bonchev–Trinajstić information content (AvgIpc) is 2.41. The van der Waals surface area contributed by atoms with Gasteiger partial charge in [-0.2, -0.15) is 0 Å². The number of halogens is 2. The van der Waals surface area contributed by atoms with Crippen molar-refractivity contribution in [2.24, 2.45) is 0 Å². The van der Waals surface area contributed by atoms with Crippen LogP contribution >= 0.6 is 34.0 Å². The second kappa shape index (κ2) is 12.6. The van der Waals surface area contributed by atoms with Gasteiger partial charge in [-0.15, -0.1) is 34.0 Å². The smallest absolute Gasteiger partial charge is 0.00187 e. The molecule has 2 nitrogen and oxygen atoms in total. The molecule has 2 rings (SSSR count). The summed E-state index contributed by atoms with van der Waals surface area (Å²) in [7, 11) is 0. The Labute approximate surface area is 140 Å². The van der Waals surface area contributed by atoms with Crippen molar-refractivity contribution in [2.75, 3.05) is 39.3 Å². The highest BCUT2D eigenvalue weighted by Gasteiger charge is 2.10. The Balaban J connectivity index is 0.00000162. The van der Waals surface area contributed by atoms with Crippen LogP contribution < -0.4 is 0 Å². The van der Waals surface area contributed by atoms with E-state index in [9.17, 15) is 0 Å². The van der Waals surface area contributed by atoms with Gasteiger partial charge in [-0.1, -0.05) is 19.3 Å². The van der Waals surface area contributed by atoms with Crippen LogP contribution in [0.5, 0.6) is 0 Å². The monoisotopic (exact) mass is 398 g/mol. The van der Waals surface area contributed by atoms with Crippen LogP contribution in [0.2, 0.25) is 0 Å². The molecular weight excluding hydrogens is 368 g/mol. The average molecular weight is 400 g/mol. The van der Waals surface area contributed by atoms with Crippen LogP contribution in [0.4, 0.5) is 0 Å². The third-order valence-electron chi connectivity index (χ3n) is 4.35. The molecule has 2 aliphatic heterocycles. The predicted octanol–water partition coefficient (Wildman–Crippen LogP) is 4.28. The van der Waals surface area contributed by atoms with Crippen LogP contribution in [-0.2, 0) is 0 Å². The Kier molecular flexibility index (Phi) is 13.2. The summed E-state index contributed by atoms with van der Waals surface area (Å²) in [6, 6.07) is 0. The summed E-state index contributed by atoms with van der Waals surface area (Å²) in [5.41, 5.74) is 0. The number of nitrogens with zero attached hydrogens (tertiary/aromatic N) is 2. The maximum atomic E-state index is 2.67. The number of hydrogen-bond donors (Lipinski definition) is 0. The van der Waals surface area contributed by atoms with E-state index in [-0.39, 0.29) is 34.0 Å². The van der Waals surface area contributed by atoms with Crippen molar-refractivity contribution >= 4 is 34.0 Å². The fraction of sp³-hybridized carbons (Fsp3) is 1.00. The maximum absolute atomic E-state index is 2.67. The summed E-state index contributed by atoms with van der Waals surface area (Å²) in [5, 5.41) is 0. The van der Waals surface area contributed by atoms with E-state index in [0.717, 1.165) is 0 Å². The minimum absolute atomic E-state index is 0. The van der Waals surface area contributed by atoms with Gasteiger partial charge in [0.15, 0.2) is 0 Å². The Bertz CT molecular complexity index is 171. The van der Waals surface area contributed by atoms with E-state index >= 15 is 0 Å². The van der Waals surface area contributed by atoms with E-state index in [1.54, 1.807) is 0 Å². The van der Waals surface area contributed by atoms with Crippen LogP contribution in [0.3, 0.4) is 0 Å². The zero-order chi connectivity index (χ0) is 11.8. The fourth-order valence-corrected chi connectivity index (χ4v) is 3.21. The first-order chi connectivity index (χ1) is 8.45. The van der Waals surface area contributed by atoms with Gasteiger partial charge in [0, 0.05) is 0 Å². The highest BCUT2D eigenvalue weighted by Crippen LogP contribution is 2.12. The van der Waals surface area contributed by atoms with E-state index < -0.39 is 0 Å². The van der Waals surface area contributed by atoms with E-state index in [0.29, 0.717) is 0 Å². The van der Waals surface area contributed by atoms with Crippen molar-refractivity contribution < 1.29 is 0 Å². The standard InChI is InChI=1S/C15H30N2.2BrH/c1-4-10-16(11-5-1)14-8-3-9-15-17-12-6-2-7-13-17;;/h1-15H2;2*1H. The Morgan fingerprint density at radius 2 is 0.842 bits per heavy atom. The van der Waals surface area contributed by atoms with Crippen LogP contribution in [0.15, 0.2) is 0 Å². The van der Waals surface area contributed by atoms with E-state index in [1.165, 1.54) is 97.1 Å². The molecule has 116 valence electrons. The molecule has 2 aliphatic rings. The van der Waals surface area contributed by atoms with Gasteiger partial charge in [0.2, 0.25) is 0 Å². The summed E-state index contributed by atoms with van der Waals surface area (Å²) < 4.78 is 0. The summed E-state index contributed by atoms with van der Waals surface area (Å²) in [4.78, 5) is 5.34. The highest BCUT2D eigenvalue weighted by atomic mass is 79.9. The lowest BCUT2D eigenvalue weighted by molar-refractivity contribution is 0.210. The molecule has 0 unspecified atom stereocenters. The van der Waals surface area contributed by atoms with Crippen LogP contribution in [-0.4, -0.2) is 49.1 Å². The third kappa shape index (κ3) is 8.69. The minimum atomic E-state index is 0. The molecule has 4 heteroatoms. The molecule has 0 atom stereocenters. The van der Waals surface area contributed by atoms with Crippen molar-refractivity contribution in [1.82, 2.24) is 9.80 Å². The first-order valence-corrected chi connectivity index (χ1v) is 7.90. The third-order valence-corrected chi connectivity index (χ3v) is 4.35. The molecule has 0 amide bonds. The SMILES string of the molecule is Br.Br.C1CCN(CCCCCN2CCCCC2)CC1. The summed E-state index contributed by atoms with van der Waals surface area (Å²) >= 11 is 0. The molecular formula is C15H32Br2N2. The molecule has 0 radical (unpaired) electrons. The van der Waals surface area contributed by atoms with Crippen LogP contribution in [0.25, 0.3) is 0 Å². The molecule has 0 N–H and O–H groups in total. The second-order valence-electron chi connectivity index (χ2n) is 5.87. The lowest BCUT2D eigenvalue weighted by atomic mass is 10.1. The van der Waals surface area contributed by atoms with E-state index in [4.69, 9.17) is 0 Å². The predicted molar refractivity (Wildman–Crippen MR) is 95.1 cm³/mol. The normalized spacial score (nSPS) is 21.5. The molecule has 0 saturated carbocycles. The number of likely N-dealkylation sites (tertiary alicyclic amines) is 2. The first-order valence-electron chi connectivity index (χ1n) is 7.90. The van der Waals surface area contributed by atoms with Crippen LogP contribution in [0, 0.1) is 0 Å². The quantitative estimate of drug-likeness (QED) is 0.614. The molecule has 2 fully saturated rings. The summed E-state index contributed by atoms with van der Waals surface area (Å²) in [6.45, 7) is 8.19. The molecule has 0 spiro atoms. The molecule has 0 aromatic heterocycles. The van der Waals surface area contributed by atoms with Crippen molar-refractivity contribution in [3.8, 4) is 0 Å². The number of rotatable bonds is 6. The van der Waals surface area contributed by atoms with Crippen molar-refractivity contribution in [1.29, 1.82) is 0 Å². The van der Waals surface area contributed by atoms with Gasteiger partial charge < -0.3 is 9.80 Å². The Hall–Kier alpha value is 0.880. The molecule has 2 saturated heterocycles. The van der Waals surface area contributed by atoms with Gasteiger partial charge in [0.25, 0.3) is 0 Å². The zero-order valence-corrected chi connectivity index (χ0v) is 15.7. The number of hydrogen-bond acceptors (Lipinski definition) is 2. The van der Waals surface area contributed by atoms with Gasteiger partial charge in [-0.3, -0.25) is 0 Å². The minimum Gasteiger partial charge on any atom is -0.303 e. The molecule has 0 aromatic carbocycles. The van der Waals surface area contributed by atoms with E-state index in [2.05, 4.69) is 9.80 Å². The molecule has 2 heterocycles. The second-order valence-corrected chi connectivity index (χ2v) is 5.87. The molecule has 0 aromatic rings. The Morgan fingerprint density at radius 1 is 0.474 bits per heavy atom. The van der Waals surface area contributed by atoms with Crippen molar-refractivity contribution in [3.05, 3.63) is 0 Å². The maximum Gasteiger partial charge on any atom is -0.00187 e. The lowest BCUT2D eigenvalue weighted by Crippen LogP contribution is -2.31. The summed E-state index contributed by atoms with van der Waals surface area (Å²) in [5.74, 6) is 0. The van der Waals surface area contributed by atoms with Gasteiger partial charge in [-0.05, 0) is 77.8 Å². The zero-order valence-electron chi connectivity index (χ0n) is 12.3. The van der Waals surface area contributed by atoms with Gasteiger partial charge in [0.1, 0.15) is 0 Å². The van der Waals surface area contributed by atoms with Gasteiger partial charge in [0.05, 0.1) is 0 Å². The Morgan fingerprint density at radius 3 is 1.21 bits per heavy atom. The molecule has 19 heavy (non-hydrogen) atoms. The number of unbranched alkanes of at least 4 members (excludes halogenated alkanes) is 2. The topological polar surface area (TPSA) is 6.48 Å². The van der Waals surface area contributed by atoms with Gasteiger partial charge in [-0.25, -0.2) is 0 Å². The lowest BCUT2D eigenvalue weighted by Gasteiger charge is -2.27. The largest absolute Gasteiger partial charge is 0.303 e. The fourth-order valence-electron chi connectivity index (χ4n) is 3.21. The first kappa shape index (κ1) is 19.9. The molecule has 0 bridgehead atoms. The van der Waals surface area contributed by atoms with E-state index in [1.807, 2.05) is 0 Å². The van der Waals surface area contributed by atoms with Crippen molar-refractivity contribution in [2.45, 2.75) is 57.8 Å².